The highest BCUT2D eigenvalue weighted by atomic mass is 79.9. The summed E-state index contributed by atoms with van der Waals surface area (Å²) in [6, 6.07) is 24.2. The maximum atomic E-state index is 12.2. The monoisotopic (exact) mass is 462 g/mol. The van der Waals surface area contributed by atoms with Crippen LogP contribution in [0.25, 0.3) is 11.3 Å². The number of thiazole rings is 1. The summed E-state index contributed by atoms with van der Waals surface area (Å²) in [6.45, 7) is 0. The van der Waals surface area contributed by atoms with Crippen molar-refractivity contribution in [2.24, 2.45) is 4.99 Å². The number of hydrogen-bond acceptors (Lipinski definition) is 5. The van der Waals surface area contributed by atoms with Gasteiger partial charge in [-0.3, -0.25) is 0 Å². The topological polar surface area (TPSA) is 51.5 Å². The number of halogens is 1. The number of carbonyl (C=O) groups excluding carboxylic acids is 1. The van der Waals surface area contributed by atoms with Crippen molar-refractivity contribution in [3.8, 4) is 17.0 Å². The van der Waals surface area contributed by atoms with Crippen LogP contribution in [0.15, 0.2) is 93.7 Å². The summed E-state index contributed by atoms with van der Waals surface area (Å²) in [7, 11) is 0. The molecule has 0 radical (unpaired) electrons. The molecule has 0 atom stereocenters. The van der Waals surface area contributed by atoms with Gasteiger partial charge >= 0.3 is 5.97 Å². The summed E-state index contributed by atoms with van der Waals surface area (Å²) >= 11 is 4.84. The van der Waals surface area contributed by atoms with E-state index in [9.17, 15) is 4.79 Å². The lowest BCUT2D eigenvalue weighted by atomic mass is 10.2. The molecule has 142 valence electrons. The molecule has 0 aliphatic heterocycles. The Morgan fingerprint density at radius 3 is 2.41 bits per heavy atom. The van der Waals surface area contributed by atoms with E-state index in [0.717, 1.165) is 21.3 Å². The Morgan fingerprint density at radius 1 is 0.966 bits per heavy atom. The van der Waals surface area contributed by atoms with Crippen molar-refractivity contribution in [1.82, 2.24) is 4.98 Å². The van der Waals surface area contributed by atoms with Gasteiger partial charge in [0.15, 0.2) is 0 Å². The van der Waals surface area contributed by atoms with Crippen LogP contribution in [-0.2, 0) is 0 Å². The first-order chi connectivity index (χ1) is 14.2. The van der Waals surface area contributed by atoms with Gasteiger partial charge < -0.3 is 4.74 Å². The van der Waals surface area contributed by atoms with Crippen LogP contribution in [0.3, 0.4) is 0 Å². The average molecular weight is 463 g/mol. The molecule has 0 fully saturated rings. The molecule has 4 aromatic rings. The zero-order chi connectivity index (χ0) is 20.1. The molecule has 29 heavy (non-hydrogen) atoms. The van der Waals surface area contributed by atoms with Crippen molar-refractivity contribution in [2.75, 3.05) is 0 Å². The van der Waals surface area contributed by atoms with Crippen molar-refractivity contribution >= 4 is 44.6 Å². The van der Waals surface area contributed by atoms with Gasteiger partial charge in [-0.1, -0.05) is 46.3 Å². The first kappa shape index (κ1) is 19.2. The molecule has 0 aliphatic rings. The number of aromatic nitrogens is 1. The van der Waals surface area contributed by atoms with Crippen LogP contribution in [0, 0.1) is 0 Å². The molecule has 0 saturated heterocycles. The second-order valence-electron chi connectivity index (χ2n) is 6.10. The maximum Gasteiger partial charge on any atom is 0.343 e. The molecule has 4 nitrogen and oxygen atoms in total. The van der Waals surface area contributed by atoms with Crippen LogP contribution in [0.5, 0.6) is 5.75 Å². The van der Waals surface area contributed by atoms with Crippen molar-refractivity contribution in [2.45, 2.75) is 0 Å². The highest BCUT2D eigenvalue weighted by Gasteiger charge is 2.08. The first-order valence-electron chi connectivity index (χ1n) is 8.80. The van der Waals surface area contributed by atoms with Crippen molar-refractivity contribution in [3.05, 3.63) is 99.8 Å². The fraction of sp³-hybridized carbons (Fsp3) is 0. The van der Waals surface area contributed by atoms with E-state index in [4.69, 9.17) is 4.74 Å². The van der Waals surface area contributed by atoms with E-state index in [0.29, 0.717) is 16.4 Å². The molecule has 1 heterocycles. The number of carbonyl (C=O) groups is 1. The highest BCUT2D eigenvalue weighted by Crippen LogP contribution is 2.26. The Labute approximate surface area is 180 Å². The number of hydrogen-bond donors (Lipinski definition) is 0. The van der Waals surface area contributed by atoms with Gasteiger partial charge in [0.2, 0.25) is 5.13 Å². The molecule has 0 spiro atoms. The molecule has 1 aromatic heterocycles. The van der Waals surface area contributed by atoms with Gasteiger partial charge in [0, 0.05) is 21.6 Å². The van der Waals surface area contributed by atoms with Gasteiger partial charge in [0.25, 0.3) is 0 Å². The van der Waals surface area contributed by atoms with Crippen LogP contribution in [0.1, 0.15) is 15.9 Å². The second kappa shape index (κ2) is 8.94. The molecule has 3 aromatic carbocycles. The minimum absolute atomic E-state index is 0.393. The Balaban J connectivity index is 1.40. The van der Waals surface area contributed by atoms with E-state index >= 15 is 0 Å². The fourth-order valence-corrected chi connectivity index (χ4v) is 3.50. The SMILES string of the molecule is O=C(Oc1ccc(C=Nc2nc(-c3ccccc3)cs2)cc1)c1ccc(Br)cc1. The van der Waals surface area contributed by atoms with E-state index in [-0.39, 0.29) is 0 Å². The molecule has 0 aliphatic carbocycles. The largest absolute Gasteiger partial charge is 0.423 e. The lowest BCUT2D eigenvalue weighted by Crippen LogP contribution is -2.08. The smallest absolute Gasteiger partial charge is 0.343 e. The van der Waals surface area contributed by atoms with E-state index in [1.807, 2.05) is 47.8 Å². The van der Waals surface area contributed by atoms with Gasteiger partial charge in [-0.2, -0.15) is 0 Å². The van der Waals surface area contributed by atoms with Crippen LogP contribution < -0.4 is 4.74 Å². The number of benzene rings is 3. The third-order valence-corrected chi connectivity index (χ3v) is 5.33. The predicted octanol–water partition coefficient (Wildman–Crippen LogP) is 6.54. The van der Waals surface area contributed by atoms with Gasteiger partial charge in [-0.25, -0.2) is 14.8 Å². The average Bonchev–Trinajstić information content (AvgIpc) is 3.23. The van der Waals surface area contributed by atoms with E-state index in [2.05, 4.69) is 25.9 Å². The van der Waals surface area contributed by atoms with Crippen molar-refractivity contribution in [1.29, 1.82) is 0 Å². The lowest BCUT2D eigenvalue weighted by molar-refractivity contribution is 0.0734. The maximum absolute atomic E-state index is 12.2. The summed E-state index contributed by atoms with van der Waals surface area (Å²) < 4.78 is 6.31. The Hall–Kier alpha value is -3.09. The second-order valence-corrected chi connectivity index (χ2v) is 7.86. The zero-order valence-corrected chi connectivity index (χ0v) is 17.6. The van der Waals surface area contributed by atoms with Crippen LogP contribution in [0.4, 0.5) is 5.13 Å². The van der Waals surface area contributed by atoms with Gasteiger partial charge in [0.05, 0.1) is 11.3 Å². The third kappa shape index (κ3) is 5.04. The Morgan fingerprint density at radius 2 is 1.69 bits per heavy atom. The lowest BCUT2D eigenvalue weighted by Gasteiger charge is -2.04. The summed E-state index contributed by atoms with van der Waals surface area (Å²) in [6.07, 6.45) is 1.74. The summed E-state index contributed by atoms with van der Waals surface area (Å²) in [5.74, 6) is 0.0887. The van der Waals surface area contributed by atoms with Gasteiger partial charge in [0.1, 0.15) is 5.75 Å². The molecule has 4 rings (SSSR count). The number of esters is 1. The number of nitrogens with zero attached hydrogens (tertiary/aromatic N) is 2. The highest BCUT2D eigenvalue weighted by molar-refractivity contribution is 9.10. The van der Waals surface area contributed by atoms with E-state index < -0.39 is 5.97 Å². The minimum atomic E-state index is -0.393. The van der Waals surface area contributed by atoms with Gasteiger partial charge in [-0.05, 0) is 54.1 Å². The Kier molecular flexibility index (Phi) is 5.93. The van der Waals surface area contributed by atoms with Crippen molar-refractivity contribution in [3.63, 3.8) is 0 Å². The first-order valence-corrected chi connectivity index (χ1v) is 10.5. The molecular formula is C23H15BrN2O2S. The summed E-state index contributed by atoms with van der Waals surface area (Å²) in [4.78, 5) is 21.1. The third-order valence-electron chi connectivity index (χ3n) is 4.06. The quantitative estimate of drug-likeness (QED) is 0.192. The van der Waals surface area contributed by atoms with Crippen molar-refractivity contribution < 1.29 is 9.53 Å². The van der Waals surface area contributed by atoms with E-state index in [1.54, 1.807) is 42.6 Å². The molecule has 0 unspecified atom stereocenters. The van der Waals surface area contributed by atoms with Crippen LogP contribution in [0.2, 0.25) is 0 Å². The van der Waals surface area contributed by atoms with Crippen LogP contribution in [-0.4, -0.2) is 17.2 Å². The summed E-state index contributed by atoms with van der Waals surface area (Å²) in [5, 5.41) is 2.68. The number of rotatable bonds is 5. The predicted molar refractivity (Wildman–Crippen MR) is 120 cm³/mol. The Bertz CT molecular complexity index is 1140. The molecule has 0 saturated carbocycles. The number of aliphatic imine (C=N–C) groups is 1. The summed E-state index contributed by atoms with van der Waals surface area (Å²) in [5.41, 5.74) is 3.38. The fourth-order valence-electron chi connectivity index (χ4n) is 2.57. The minimum Gasteiger partial charge on any atom is -0.423 e. The molecule has 0 N–H and O–H groups in total. The molecular weight excluding hydrogens is 448 g/mol. The normalized spacial score (nSPS) is 10.9. The number of ether oxygens (including phenoxy) is 1. The van der Waals surface area contributed by atoms with Gasteiger partial charge in [-0.15, -0.1) is 11.3 Å². The molecule has 6 heteroatoms. The molecule has 0 bridgehead atoms. The standard InChI is InChI=1S/C23H15BrN2O2S/c24-19-10-8-18(9-11-19)22(27)28-20-12-6-16(7-13-20)14-25-23-26-21(15-29-23)17-4-2-1-3-5-17/h1-15H. The zero-order valence-electron chi connectivity index (χ0n) is 15.2. The van der Waals surface area contributed by atoms with Crippen LogP contribution >= 0.6 is 27.3 Å². The van der Waals surface area contributed by atoms with E-state index in [1.165, 1.54) is 11.3 Å². The molecule has 0 amide bonds.